The van der Waals surface area contributed by atoms with Crippen LogP contribution in [0.3, 0.4) is 0 Å². The van der Waals surface area contributed by atoms with Gasteiger partial charge in [0.05, 0.1) is 22.3 Å². The Morgan fingerprint density at radius 2 is 1.25 bits per heavy atom. The van der Waals surface area contributed by atoms with Crippen molar-refractivity contribution in [1.82, 2.24) is 4.57 Å². The van der Waals surface area contributed by atoms with E-state index < -0.39 is 5.41 Å². The van der Waals surface area contributed by atoms with Gasteiger partial charge in [-0.05, 0) is 135 Å². The highest BCUT2D eigenvalue weighted by Gasteiger charge is 2.51. The molecule has 0 fully saturated rings. The zero-order valence-corrected chi connectivity index (χ0v) is 35.4. The van der Waals surface area contributed by atoms with E-state index in [9.17, 15) is 0 Å². The molecule has 0 amide bonds. The van der Waals surface area contributed by atoms with Crippen LogP contribution in [0.1, 0.15) is 46.0 Å². The first-order valence-electron chi connectivity index (χ1n) is 21.6. The highest BCUT2D eigenvalue weighted by Crippen LogP contribution is 2.63. The van der Waals surface area contributed by atoms with Crippen LogP contribution in [0.25, 0.3) is 61.3 Å². The molecule has 2 aliphatic rings. The molecule has 2 nitrogen and oxygen atoms in total. The molecule has 9 aromatic rings. The van der Waals surface area contributed by atoms with Gasteiger partial charge >= 0.3 is 0 Å². The zero-order valence-electron chi connectivity index (χ0n) is 35.4. The van der Waals surface area contributed by atoms with Crippen LogP contribution in [-0.4, -0.2) is 4.57 Å². The number of allylic oxidation sites excluding steroid dienone is 6. The molecular formula is C61H44N2. The van der Waals surface area contributed by atoms with Crippen molar-refractivity contribution in [1.29, 1.82) is 0 Å². The highest BCUT2D eigenvalue weighted by molar-refractivity contribution is 6.01. The first-order valence-corrected chi connectivity index (χ1v) is 21.6. The van der Waals surface area contributed by atoms with Gasteiger partial charge in [-0.2, -0.15) is 0 Å². The van der Waals surface area contributed by atoms with Gasteiger partial charge < -0.3 is 9.47 Å². The van der Waals surface area contributed by atoms with Gasteiger partial charge in [-0.25, -0.2) is 0 Å². The molecule has 0 saturated heterocycles. The highest BCUT2D eigenvalue weighted by atomic mass is 15.1. The number of rotatable bonds is 8. The number of anilines is 2. The van der Waals surface area contributed by atoms with E-state index in [4.69, 9.17) is 6.42 Å². The Hall–Kier alpha value is -8.12. The first kappa shape index (κ1) is 37.8. The maximum Gasteiger partial charge on any atom is 0.0725 e. The molecule has 0 aliphatic heterocycles. The first-order chi connectivity index (χ1) is 31.0. The minimum absolute atomic E-state index is 0.412. The predicted molar refractivity (Wildman–Crippen MR) is 267 cm³/mol. The number of aryl methyl sites for hydroxylation is 1. The zero-order chi connectivity index (χ0) is 42.7. The minimum Gasteiger partial charge on any atom is -0.314 e. The van der Waals surface area contributed by atoms with Crippen LogP contribution in [0.2, 0.25) is 0 Å². The Labute approximate surface area is 369 Å². The van der Waals surface area contributed by atoms with E-state index in [1.54, 1.807) is 6.08 Å². The van der Waals surface area contributed by atoms with Crippen LogP contribution in [0.5, 0.6) is 0 Å². The van der Waals surface area contributed by atoms with Crippen molar-refractivity contribution in [3.8, 4) is 40.3 Å². The molecule has 1 aromatic heterocycles. The molecule has 0 bridgehead atoms. The van der Waals surface area contributed by atoms with E-state index in [0.29, 0.717) is 0 Å². The van der Waals surface area contributed by atoms with Gasteiger partial charge in [0, 0.05) is 27.8 Å². The third-order valence-electron chi connectivity index (χ3n) is 13.3. The van der Waals surface area contributed by atoms with Crippen molar-refractivity contribution < 1.29 is 0 Å². The monoisotopic (exact) mass is 804 g/mol. The number of nitrogens with zero attached hydrogens (tertiary/aromatic N) is 2. The van der Waals surface area contributed by atoms with E-state index in [1.807, 2.05) is 12.2 Å². The van der Waals surface area contributed by atoms with E-state index in [1.165, 1.54) is 66.4 Å². The van der Waals surface area contributed by atoms with Gasteiger partial charge in [-0.1, -0.05) is 170 Å². The molecule has 2 aliphatic carbocycles. The number of benzene rings is 8. The molecule has 8 aromatic carbocycles. The standard InChI is InChI=1S/C61H44N2/c1-5-7-34-57-42(4)52-40-46(38-39-59(52)63(57)45-23-9-8-10-24-45)62(58-35-19-22-44-21-11-12-25-47(44)58)41(3)36-37-43(6-2)48-29-20-33-56-60(48)51-28-15-18-32-55(51)61(56)53-30-16-13-26-49(53)50-27-14-17-31-54(50)61/h1,6-40H,2H2,3-4H3/b34-7-,41-36+,43-37+. The molecule has 0 radical (unpaired) electrons. The quantitative estimate of drug-likeness (QED) is 0.110. The second kappa shape index (κ2) is 15.1. The summed E-state index contributed by atoms with van der Waals surface area (Å²) < 4.78 is 2.30. The van der Waals surface area contributed by atoms with Crippen LogP contribution in [-0.2, 0) is 5.41 Å². The Morgan fingerprint density at radius 1 is 0.635 bits per heavy atom. The van der Waals surface area contributed by atoms with E-state index in [0.717, 1.165) is 44.9 Å². The Bertz CT molecular complexity index is 3400. The maximum atomic E-state index is 5.75. The second-order valence-corrected chi connectivity index (χ2v) is 16.5. The summed E-state index contributed by atoms with van der Waals surface area (Å²) in [4.78, 5) is 2.39. The molecule has 0 saturated carbocycles. The van der Waals surface area contributed by atoms with Crippen LogP contribution in [0, 0.1) is 19.3 Å². The molecule has 0 N–H and O–H groups in total. The fraction of sp³-hybridized carbons (Fsp3) is 0.0492. The van der Waals surface area contributed by atoms with Crippen molar-refractivity contribution in [2.24, 2.45) is 0 Å². The number of aromatic nitrogens is 1. The number of terminal acetylenes is 1. The molecule has 0 unspecified atom stereocenters. The fourth-order valence-electron chi connectivity index (χ4n) is 10.6. The summed E-state index contributed by atoms with van der Waals surface area (Å²) in [5.74, 6) is 2.71. The number of hydrogen-bond acceptors (Lipinski definition) is 1. The van der Waals surface area contributed by atoms with Crippen molar-refractivity contribution in [2.75, 3.05) is 4.90 Å². The Kier molecular flexibility index (Phi) is 9.07. The molecular weight excluding hydrogens is 761 g/mol. The van der Waals surface area contributed by atoms with Crippen LogP contribution >= 0.6 is 0 Å². The third-order valence-corrected chi connectivity index (χ3v) is 13.3. The van der Waals surface area contributed by atoms with E-state index in [-0.39, 0.29) is 0 Å². The minimum atomic E-state index is -0.412. The van der Waals surface area contributed by atoms with Crippen LogP contribution < -0.4 is 4.90 Å². The molecule has 298 valence electrons. The van der Waals surface area contributed by atoms with Gasteiger partial charge in [0.1, 0.15) is 0 Å². The average molecular weight is 805 g/mol. The molecule has 11 rings (SSSR count). The normalized spacial score (nSPS) is 13.5. The molecule has 1 spiro atoms. The lowest BCUT2D eigenvalue weighted by Crippen LogP contribution is -2.25. The third kappa shape index (κ3) is 5.67. The lowest BCUT2D eigenvalue weighted by atomic mass is 9.70. The Balaban J connectivity index is 1.09. The van der Waals surface area contributed by atoms with E-state index in [2.05, 4.69) is 230 Å². The summed E-state index contributed by atoms with van der Waals surface area (Å²) in [7, 11) is 0. The topological polar surface area (TPSA) is 8.17 Å². The predicted octanol–water partition coefficient (Wildman–Crippen LogP) is 15.4. The van der Waals surface area contributed by atoms with Crippen LogP contribution in [0.15, 0.2) is 219 Å². The molecule has 2 heteroatoms. The lowest BCUT2D eigenvalue weighted by Gasteiger charge is -2.30. The SMILES string of the molecule is C#C/C=C\c1c(C)c2cc(N(/C(C)=C/C=C(\C=C)c3cccc4c3-c3ccccc3C43c4ccccc4-c4ccccc43)c3cccc4ccccc34)ccc2n1-c1ccccc1. The van der Waals surface area contributed by atoms with Gasteiger partial charge in [0.2, 0.25) is 0 Å². The summed E-state index contributed by atoms with van der Waals surface area (Å²) in [6.45, 7) is 8.83. The smallest absolute Gasteiger partial charge is 0.0725 e. The second-order valence-electron chi connectivity index (χ2n) is 16.5. The fourth-order valence-corrected chi connectivity index (χ4v) is 10.6. The van der Waals surface area contributed by atoms with Gasteiger partial charge in [0.15, 0.2) is 0 Å². The van der Waals surface area contributed by atoms with Crippen molar-refractivity contribution >= 4 is 44.7 Å². The van der Waals surface area contributed by atoms with Gasteiger partial charge in [-0.15, -0.1) is 6.42 Å². The number of para-hydroxylation sites is 1. The number of hydrogen-bond donors (Lipinski definition) is 0. The summed E-state index contributed by atoms with van der Waals surface area (Å²) in [6.07, 6.45) is 16.1. The van der Waals surface area contributed by atoms with Gasteiger partial charge in [-0.3, -0.25) is 0 Å². The Morgan fingerprint density at radius 3 is 1.98 bits per heavy atom. The average Bonchev–Trinajstić information content (AvgIpc) is 3.92. The molecule has 1 heterocycles. The summed E-state index contributed by atoms with van der Waals surface area (Å²) >= 11 is 0. The van der Waals surface area contributed by atoms with E-state index >= 15 is 0 Å². The molecule has 0 atom stereocenters. The van der Waals surface area contributed by atoms with Gasteiger partial charge in [0.25, 0.3) is 0 Å². The van der Waals surface area contributed by atoms with Crippen molar-refractivity contribution in [2.45, 2.75) is 19.3 Å². The summed E-state index contributed by atoms with van der Waals surface area (Å²) in [5, 5.41) is 3.53. The van der Waals surface area contributed by atoms with Crippen LogP contribution in [0.4, 0.5) is 11.4 Å². The number of fused-ring (bicyclic) bond motifs is 12. The molecule has 63 heavy (non-hydrogen) atoms. The van der Waals surface area contributed by atoms with Crippen molar-refractivity contribution in [3.63, 3.8) is 0 Å². The summed E-state index contributed by atoms with van der Waals surface area (Å²) in [6, 6.07) is 66.3. The van der Waals surface area contributed by atoms with Crippen molar-refractivity contribution in [3.05, 3.63) is 258 Å². The lowest BCUT2D eigenvalue weighted by molar-refractivity contribution is 0.793. The summed E-state index contributed by atoms with van der Waals surface area (Å²) in [5.41, 5.74) is 20.0. The maximum absolute atomic E-state index is 5.75. The largest absolute Gasteiger partial charge is 0.314 e.